The number of ether oxygens (including phenoxy) is 3. The molecule has 0 aliphatic carbocycles. The Balaban J connectivity index is 0.000000278. The van der Waals surface area contributed by atoms with Gasteiger partial charge in [0.05, 0.1) is 45.4 Å². The molecule has 5 rings (SSSR count). The van der Waals surface area contributed by atoms with Crippen molar-refractivity contribution in [2.45, 2.75) is 6.61 Å². The van der Waals surface area contributed by atoms with Crippen LogP contribution in [0.2, 0.25) is 20.1 Å². The lowest BCUT2D eigenvalue weighted by atomic mass is 10.1. The maximum Gasteiger partial charge on any atom is 0.450 e. The van der Waals surface area contributed by atoms with Gasteiger partial charge in [0.2, 0.25) is 0 Å². The van der Waals surface area contributed by atoms with E-state index in [-0.39, 0.29) is 37.0 Å². The Labute approximate surface area is 351 Å². The first-order valence-corrected chi connectivity index (χ1v) is 18.2. The first kappa shape index (κ1) is 45.1. The standard InChI is InChI=1S/C22H17Cl2NO4.C15H11Cl2NO4.BCl3/c1-28-22(27)15-7-9-17(10-8-15)25-21(26)16-11-18(23)20(19(24)12-16)29-13-14-5-3-2-4-6-14;1-22-15(21)8-2-4-10(5-3-8)18-14(20)9-6-11(16)13(19)12(17)7-9;2-1(3)4/h2-12H,13H2,1H3,(H,25,26);2-7,19H,1H3,(H,18,20);. The summed E-state index contributed by atoms with van der Waals surface area (Å²) >= 11 is 38.5. The van der Waals surface area contributed by atoms with E-state index in [4.69, 9.17) is 85.5 Å². The van der Waals surface area contributed by atoms with Crippen molar-refractivity contribution in [1.82, 2.24) is 0 Å². The van der Waals surface area contributed by atoms with Crippen molar-refractivity contribution in [3.63, 3.8) is 0 Å². The number of hydrogen-bond donors (Lipinski definition) is 3. The number of carbonyl (C=O) groups is 4. The van der Waals surface area contributed by atoms with Gasteiger partial charge in [0, 0.05) is 22.5 Å². The highest BCUT2D eigenvalue weighted by Crippen LogP contribution is 2.35. The molecule has 0 saturated carbocycles. The topological polar surface area (TPSA) is 140 Å². The summed E-state index contributed by atoms with van der Waals surface area (Å²) in [5, 5.41) is 15.3. The molecule has 5 aromatic rings. The van der Waals surface area contributed by atoms with Crippen LogP contribution >= 0.6 is 80.8 Å². The molecule has 0 bridgehead atoms. The van der Waals surface area contributed by atoms with E-state index in [0.717, 1.165) is 5.56 Å². The van der Waals surface area contributed by atoms with Gasteiger partial charge in [-0.2, -0.15) is 34.4 Å². The molecular formula is C37H28BCl7N2O8. The fraction of sp³-hybridized carbons (Fsp3) is 0.0811. The number of aromatic hydroxyl groups is 1. The van der Waals surface area contributed by atoms with Gasteiger partial charge in [-0.05, 0) is 78.4 Å². The van der Waals surface area contributed by atoms with Crippen LogP contribution in [-0.4, -0.2) is 48.0 Å². The van der Waals surface area contributed by atoms with Gasteiger partial charge in [0.15, 0.2) is 11.5 Å². The predicted molar refractivity (Wildman–Crippen MR) is 220 cm³/mol. The number of anilines is 2. The van der Waals surface area contributed by atoms with E-state index in [1.165, 1.54) is 50.6 Å². The van der Waals surface area contributed by atoms with Crippen LogP contribution in [0.3, 0.4) is 0 Å². The van der Waals surface area contributed by atoms with Crippen LogP contribution in [0.5, 0.6) is 11.5 Å². The molecule has 0 aliphatic heterocycles. The molecule has 0 unspecified atom stereocenters. The molecule has 5 aromatic carbocycles. The first-order valence-electron chi connectivity index (χ1n) is 15.4. The Morgan fingerprint density at radius 3 is 1.31 bits per heavy atom. The quantitative estimate of drug-likeness (QED) is 0.0982. The van der Waals surface area contributed by atoms with Crippen LogP contribution in [0.25, 0.3) is 0 Å². The molecule has 0 aliphatic rings. The predicted octanol–water partition coefficient (Wildman–Crippen LogP) is 11.0. The Bertz CT molecular complexity index is 2060. The maximum absolute atomic E-state index is 12.5. The van der Waals surface area contributed by atoms with Gasteiger partial charge in [-0.3, -0.25) is 9.59 Å². The number of nitrogens with one attached hydrogen (secondary N) is 2. The van der Waals surface area contributed by atoms with Crippen molar-refractivity contribution in [3.05, 3.63) is 151 Å². The Morgan fingerprint density at radius 2 is 0.945 bits per heavy atom. The lowest BCUT2D eigenvalue weighted by Crippen LogP contribution is -2.12. The van der Waals surface area contributed by atoms with Gasteiger partial charge >= 0.3 is 16.9 Å². The highest BCUT2D eigenvalue weighted by atomic mass is 35.6. The summed E-state index contributed by atoms with van der Waals surface area (Å²) in [5.41, 5.74) is 3.20. The third-order valence-corrected chi connectivity index (χ3v) is 8.03. The highest BCUT2D eigenvalue weighted by molar-refractivity contribution is 7.54. The smallest absolute Gasteiger partial charge is 0.450 e. The zero-order chi connectivity index (χ0) is 40.7. The van der Waals surface area contributed by atoms with E-state index in [2.05, 4.69) is 20.1 Å². The number of halogens is 7. The third kappa shape index (κ3) is 14.4. The number of phenols is 1. The monoisotopic (exact) mass is 884 g/mol. The number of carbonyl (C=O) groups excluding carboxylic acids is 4. The van der Waals surface area contributed by atoms with Crippen molar-refractivity contribution < 1.29 is 38.5 Å². The van der Waals surface area contributed by atoms with Crippen molar-refractivity contribution >= 4 is 121 Å². The van der Waals surface area contributed by atoms with Gasteiger partial charge in [0.25, 0.3) is 11.8 Å². The summed E-state index contributed by atoms with van der Waals surface area (Å²) in [5.74, 6) is -1.72. The second kappa shape index (κ2) is 22.3. The Hall–Kier alpha value is -4.33. The van der Waals surface area contributed by atoms with Crippen LogP contribution in [0.15, 0.2) is 103 Å². The summed E-state index contributed by atoms with van der Waals surface area (Å²) < 4.78 is 14.9. The molecule has 18 heteroatoms. The lowest BCUT2D eigenvalue weighted by Gasteiger charge is -2.12. The molecular weight excluding hydrogens is 859 g/mol. The Morgan fingerprint density at radius 1 is 0.582 bits per heavy atom. The number of methoxy groups -OCH3 is 2. The van der Waals surface area contributed by atoms with Gasteiger partial charge < -0.3 is 30.0 Å². The van der Waals surface area contributed by atoms with Crippen LogP contribution in [0.1, 0.15) is 47.0 Å². The summed E-state index contributed by atoms with van der Waals surface area (Å²) in [6.07, 6.45) is 0. The van der Waals surface area contributed by atoms with E-state index >= 15 is 0 Å². The fourth-order valence-electron chi connectivity index (χ4n) is 4.28. The SMILES string of the molecule is COC(=O)c1ccc(NC(=O)c2cc(Cl)c(O)c(Cl)c2)cc1.COC(=O)c1ccc(NC(=O)c2cc(Cl)c(OCc3ccccc3)c(Cl)c2)cc1.ClB(Cl)Cl. The van der Waals surface area contributed by atoms with E-state index < -0.39 is 28.7 Å². The molecule has 0 aromatic heterocycles. The number of rotatable bonds is 9. The molecule has 0 radical (unpaired) electrons. The molecule has 0 saturated heterocycles. The second-order valence-corrected chi connectivity index (χ2v) is 14.2. The molecule has 2 amide bonds. The molecule has 3 N–H and O–H groups in total. The lowest BCUT2D eigenvalue weighted by molar-refractivity contribution is 0.0592. The van der Waals surface area contributed by atoms with Crippen LogP contribution in [-0.2, 0) is 16.1 Å². The molecule has 10 nitrogen and oxygen atoms in total. The minimum atomic E-state index is -0.750. The van der Waals surface area contributed by atoms with Crippen molar-refractivity contribution in [3.8, 4) is 11.5 Å². The summed E-state index contributed by atoms with van der Waals surface area (Å²) in [4.78, 5) is 46.7. The van der Waals surface area contributed by atoms with E-state index in [9.17, 15) is 24.3 Å². The molecule has 286 valence electrons. The van der Waals surface area contributed by atoms with Gasteiger partial charge in [-0.1, -0.05) is 76.7 Å². The maximum atomic E-state index is 12.5. The summed E-state index contributed by atoms with van der Waals surface area (Å²) in [6.45, 7) is 0.304. The normalized spacial score (nSPS) is 9.98. The number of amides is 2. The summed E-state index contributed by atoms with van der Waals surface area (Å²) in [6, 6.07) is 27.7. The number of phenolic OH excluding ortho intramolecular Hbond substituents is 1. The average Bonchev–Trinajstić information content (AvgIpc) is 3.16. The molecule has 0 spiro atoms. The molecule has 0 heterocycles. The number of hydrogen-bond acceptors (Lipinski definition) is 8. The van der Waals surface area contributed by atoms with Crippen molar-refractivity contribution in [1.29, 1.82) is 0 Å². The average molecular weight is 888 g/mol. The van der Waals surface area contributed by atoms with E-state index in [0.29, 0.717) is 34.9 Å². The zero-order valence-electron chi connectivity index (χ0n) is 28.6. The fourth-order valence-corrected chi connectivity index (χ4v) is 5.36. The minimum absolute atomic E-state index is 0.0151. The highest BCUT2D eigenvalue weighted by Gasteiger charge is 2.16. The number of benzene rings is 5. The largest absolute Gasteiger partial charge is 0.505 e. The Kier molecular flexibility index (Phi) is 18.3. The third-order valence-electron chi connectivity index (χ3n) is 6.89. The summed E-state index contributed by atoms with van der Waals surface area (Å²) in [7, 11) is 2.59. The van der Waals surface area contributed by atoms with Crippen molar-refractivity contribution in [2.24, 2.45) is 0 Å². The number of esters is 2. The van der Waals surface area contributed by atoms with E-state index in [1.807, 2.05) is 30.3 Å². The zero-order valence-corrected chi connectivity index (χ0v) is 33.8. The van der Waals surface area contributed by atoms with Crippen LogP contribution in [0, 0.1) is 0 Å². The van der Waals surface area contributed by atoms with Gasteiger partial charge in [-0.15, -0.1) is 0 Å². The first-order chi connectivity index (χ1) is 26.1. The minimum Gasteiger partial charge on any atom is -0.505 e. The van der Waals surface area contributed by atoms with Crippen molar-refractivity contribution in [2.75, 3.05) is 24.9 Å². The van der Waals surface area contributed by atoms with Gasteiger partial charge in [0.1, 0.15) is 6.61 Å². The van der Waals surface area contributed by atoms with Crippen LogP contribution in [0.4, 0.5) is 11.4 Å². The van der Waals surface area contributed by atoms with Crippen LogP contribution < -0.4 is 15.4 Å². The molecule has 55 heavy (non-hydrogen) atoms. The molecule has 0 fully saturated rings. The van der Waals surface area contributed by atoms with E-state index in [1.54, 1.807) is 36.4 Å². The second-order valence-electron chi connectivity index (χ2n) is 10.6. The molecule has 0 atom stereocenters. The van der Waals surface area contributed by atoms with Gasteiger partial charge in [-0.25, -0.2) is 9.59 Å².